The first kappa shape index (κ1) is 14.5. The van der Waals surface area contributed by atoms with E-state index in [1.807, 2.05) is 22.8 Å². The minimum Gasteiger partial charge on any atom is -0.388 e. The first-order valence-corrected chi connectivity index (χ1v) is 7.18. The maximum Gasteiger partial charge on any atom is 0.164 e. The molecule has 1 aromatic carbocycles. The van der Waals surface area contributed by atoms with Crippen LogP contribution in [0.4, 0.5) is 0 Å². The molecule has 0 bridgehead atoms. The van der Waals surface area contributed by atoms with Crippen LogP contribution in [0.25, 0.3) is 11.4 Å². The number of hydrogen-bond acceptors (Lipinski definition) is 3. The lowest BCUT2D eigenvalue weighted by Crippen LogP contribution is -2.10. The molecule has 4 nitrogen and oxygen atoms in total. The maximum absolute atomic E-state index is 9.34. The highest BCUT2D eigenvalue weighted by atomic mass is 79.9. The molecule has 0 aliphatic carbocycles. The van der Waals surface area contributed by atoms with E-state index in [0.29, 0.717) is 16.8 Å². The van der Waals surface area contributed by atoms with E-state index in [2.05, 4.69) is 40.0 Å². The average molecular weight is 345 g/mol. The highest BCUT2D eigenvalue weighted by Crippen LogP contribution is 2.28. The van der Waals surface area contributed by atoms with Gasteiger partial charge < -0.3 is 9.67 Å². The van der Waals surface area contributed by atoms with E-state index < -0.39 is 0 Å². The van der Waals surface area contributed by atoms with Gasteiger partial charge in [0.05, 0.1) is 5.02 Å². The van der Waals surface area contributed by atoms with Crippen LogP contribution in [-0.4, -0.2) is 19.9 Å². The van der Waals surface area contributed by atoms with E-state index in [4.69, 9.17) is 11.6 Å². The predicted octanol–water partition coefficient (Wildman–Crippen LogP) is 3.51. The SMILES string of the molecule is CC(C)Cn1c(CO)nnc1-c1ccc(Cl)c(Br)c1. The molecule has 1 N–H and O–H groups in total. The molecule has 0 spiro atoms. The molecule has 0 aliphatic heterocycles. The molecule has 6 heteroatoms. The predicted molar refractivity (Wildman–Crippen MR) is 78.9 cm³/mol. The summed E-state index contributed by atoms with van der Waals surface area (Å²) in [6, 6.07) is 5.62. The molecule has 0 fully saturated rings. The van der Waals surface area contributed by atoms with Crippen molar-refractivity contribution < 1.29 is 5.11 Å². The van der Waals surface area contributed by atoms with Crippen LogP contribution < -0.4 is 0 Å². The van der Waals surface area contributed by atoms with Gasteiger partial charge in [-0.2, -0.15) is 0 Å². The molecule has 102 valence electrons. The van der Waals surface area contributed by atoms with Gasteiger partial charge in [-0.25, -0.2) is 0 Å². The minimum atomic E-state index is -0.117. The van der Waals surface area contributed by atoms with Crippen LogP contribution in [0.3, 0.4) is 0 Å². The number of aliphatic hydroxyl groups excluding tert-OH is 1. The van der Waals surface area contributed by atoms with E-state index in [1.54, 1.807) is 0 Å². The molecule has 0 amide bonds. The Morgan fingerprint density at radius 2 is 2.11 bits per heavy atom. The van der Waals surface area contributed by atoms with Crippen LogP contribution in [0.2, 0.25) is 5.02 Å². The van der Waals surface area contributed by atoms with Crippen molar-refractivity contribution in [2.24, 2.45) is 5.92 Å². The zero-order valence-corrected chi connectivity index (χ0v) is 13.1. The van der Waals surface area contributed by atoms with Crippen molar-refractivity contribution in [2.45, 2.75) is 27.0 Å². The Morgan fingerprint density at radius 1 is 1.37 bits per heavy atom. The Bertz CT molecular complexity index is 583. The van der Waals surface area contributed by atoms with Crippen molar-refractivity contribution in [1.82, 2.24) is 14.8 Å². The Morgan fingerprint density at radius 3 is 2.68 bits per heavy atom. The molecule has 0 atom stereocenters. The number of benzene rings is 1. The molecule has 0 unspecified atom stereocenters. The fraction of sp³-hybridized carbons (Fsp3) is 0.385. The largest absolute Gasteiger partial charge is 0.388 e. The van der Waals surface area contributed by atoms with Crippen LogP contribution in [-0.2, 0) is 13.2 Å². The zero-order chi connectivity index (χ0) is 14.0. The second-order valence-electron chi connectivity index (χ2n) is 4.73. The summed E-state index contributed by atoms with van der Waals surface area (Å²) in [4.78, 5) is 0. The van der Waals surface area contributed by atoms with Crippen molar-refractivity contribution in [3.63, 3.8) is 0 Å². The highest BCUT2D eigenvalue weighted by Gasteiger charge is 2.15. The first-order chi connectivity index (χ1) is 9.02. The number of hydrogen-bond donors (Lipinski definition) is 1. The Hall–Kier alpha value is -0.910. The smallest absolute Gasteiger partial charge is 0.164 e. The summed E-state index contributed by atoms with van der Waals surface area (Å²) in [5, 5.41) is 18.2. The van der Waals surface area contributed by atoms with E-state index >= 15 is 0 Å². The van der Waals surface area contributed by atoms with Crippen LogP contribution in [0.15, 0.2) is 22.7 Å². The molecule has 0 aliphatic rings. The molecular weight excluding hydrogens is 330 g/mol. The second kappa shape index (κ2) is 6.03. The molecule has 2 aromatic rings. The number of nitrogens with zero attached hydrogens (tertiary/aromatic N) is 3. The van der Waals surface area contributed by atoms with Gasteiger partial charge in [0.15, 0.2) is 11.6 Å². The van der Waals surface area contributed by atoms with Crippen molar-refractivity contribution in [2.75, 3.05) is 0 Å². The lowest BCUT2D eigenvalue weighted by atomic mass is 10.2. The van der Waals surface area contributed by atoms with Gasteiger partial charge >= 0.3 is 0 Å². The quantitative estimate of drug-likeness (QED) is 0.923. The lowest BCUT2D eigenvalue weighted by Gasteiger charge is -2.12. The van der Waals surface area contributed by atoms with Crippen molar-refractivity contribution >= 4 is 27.5 Å². The summed E-state index contributed by atoms with van der Waals surface area (Å²) in [5.41, 5.74) is 0.920. The van der Waals surface area contributed by atoms with Crippen LogP contribution in [0, 0.1) is 5.92 Å². The van der Waals surface area contributed by atoms with E-state index in [1.165, 1.54) is 0 Å². The Balaban J connectivity index is 2.48. The third kappa shape index (κ3) is 3.16. The fourth-order valence-corrected chi connectivity index (χ4v) is 2.35. The standard InChI is InChI=1S/C13H15BrClN3O/c1-8(2)6-18-12(7-19)16-17-13(18)9-3-4-11(15)10(14)5-9/h3-5,8,19H,6-7H2,1-2H3. The number of aromatic nitrogens is 3. The van der Waals surface area contributed by atoms with Crippen LogP contribution in [0.5, 0.6) is 0 Å². The zero-order valence-electron chi connectivity index (χ0n) is 10.8. The molecule has 2 rings (SSSR count). The summed E-state index contributed by atoms with van der Waals surface area (Å²) in [6.45, 7) is 4.87. The molecule has 19 heavy (non-hydrogen) atoms. The van der Waals surface area contributed by atoms with Gasteiger partial charge in [0.2, 0.25) is 0 Å². The summed E-state index contributed by atoms with van der Waals surface area (Å²) in [6.07, 6.45) is 0. The van der Waals surface area contributed by atoms with Gasteiger partial charge in [0.25, 0.3) is 0 Å². The third-order valence-electron chi connectivity index (χ3n) is 2.69. The summed E-state index contributed by atoms with van der Waals surface area (Å²) >= 11 is 9.40. The van der Waals surface area contributed by atoms with Crippen LogP contribution >= 0.6 is 27.5 Å². The van der Waals surface area contributed by atoms with E-state index in [9.17, 15) is 5.11 Å². The monoisotopic (exact) mass is 343 g/mol. The van der Waals surface area contributed by atoms with Crippen LogP contribution in [0.1, 0.15) is 19.7 Å². The Kier molecular flexibility index (Phi) is 4.60. The molecule has 1 heterocycles. The molecule has 1 aromatic heterocycles. The number of aliphatic hydroxyl groups is 1. The molecular formula is C13H15BrClN3O. The van der Waals surface area contributed by atoms with Crippen molar-refractivity contribution in [3.05, 3.63) is 33.5 Å². The fourth-order valence-electron chi connectivity index (χ4n) is 1.86. The average Bonchev–Trinajstić information content (AvgIpc) is 2.75. The normalized spacial score (nSPS) is 11.3. The molecule has 0 saturated heterocycles. The van der Waals surface area contributed by atoms with E-state index in [-0.39, 0.29) is 6.61 Å². The summed E-state index contributed by atoms with van der Waals surface area (Å²) < 4.78 is 2.76. The maximum atomic E-state index is 9.34. The van der Waals surface area contributed by atoms with Gasteiger partial charge in [0, 0.05) is 16.6 Å². The van der Waals surface area contributed by atoms with Gasteiger partial charge in [0.1, 0.15) is 6.61 Å². The summed E-state index contributed by atoms with van der Waals surface area (Å²) in [5.74, 6) is 1.76. The molecule has 0 radical (unpaired) electrons. The molecule has 0 saturated carbocycles. The van der Waals surface area contributed by atoms with Crippen molar-refractivity contribution in [1.29, 1.82) is 0 Å². The van der Waals surface area contributed by atoms with Gasteiger partial charge in [-0.05, 0) is 40.0 Å². The summed E-state index contributed by atoms with van der Waals surface area (Å²) in [7, 11) is 0. The van der Waals surface area contributed by atoms with Gasteiger partial charge in [-0.1, -0.05) is 25.4 Å². The van der Waals surface area contributed by atoms with Gasteiger partial charge in [-0.15, -0.1) is 10.2 Å². The lowest BCUT2D eigenvalue weighted by molar-refractivity contribution is 0.262. The van der Waals surface area contributed by atoms with Crippen molar-refractivity contribution in [3.8, 4) is 11.4 Å². The van der Waals surface area contributed by atoms with E-state index in [0.717, 1.165) is 22.4 Å². The van der Waals surface area contributed by atoms with Gasteiger partial charge in [-0.3, -0.25) is 0 Å². The topological polar surface area (TPSA) is 50.9 Å². The number of rotatable bonds is 4. The Labute approximate surface area is 125 Å². The second-order valence-corrected chi connectivity index (χ2v) is 5.99. The highest BCUT2D eigenvalue weighted by molar-refractivity contribution is 9.10. The number of halogens is 2. The third-order valence-corrected chi connectivity index (χ3v) is 3.91. The minimum absolute atomic E-state index is 0.117. The first-order valence-electron chi connectivity index (χ1n) is 6.01.